The molecule has 1 N–H and O–H groups in total. The molecule has 1 atom stereocenters. The number of carbonyl (C=O) groups excluding carboxylic acids is 1. The van der Waals surface area contributed by atoms with E-state index in [-0.39, 0.29) is 11.8 Å². The standard InChI is InChI=1S/C12H17NO/c1-10(14)8-12(13-2)9-11-6-4-3-5-7-11/h3-7,12-13H,8-9H2,1-2H3. The molecule has 1 aromatic rings. The Hall–Kier alpha value is -1.15. The van der Waals surface area contributed by atoms with Crippen molar-refractivity contribution in [2.24, 2.45) is 0 Å². The summed E-state index contributed by atoms with van der Waals surface area (Å²) in [5.74, 6) is 0.236. The van der Waals surface area contributed by atoms with Gasteiger partial charge in [-0.3, -0.25) is 4.79 Å². The monoisotopic (exact) mass is 191 g/mol. The lowest BCUT2D eigenvalue weighted by molar-refractivity contribution is -0.117. The second-order valence-electron chi connectivity index (χ2n) is 3.58. The first-order valence-corrected chi connectivity index (χ1v) is 4.93. The molecule has 76 valence electrons. The maximum absolute atomic E-state index is 11.0. The Morgan fingerprint density at radius 1 is 1.36 bits per heavy atom. The van der Waals surface area contributed by atoms with Crippen LogP contribution in [0.15, 0.2) is 30.3 Å². The minimum absolute atomic E-state index is 0.236. The van der Waals surface area contributed by atoms with Gasteiger partial charge in [0.2, 0.25) is 0 Å². The van der Waals surface area contributed by atoms with Crippen molar-refractivity contribution in [2.75, 3.05) is 7.05 Å². The number of Topliss-reactive ketones (excluding diaryl/α,β-unsaturated/α-hetero) is 1. The summed E-state index contributed by atoms with van der Waals surface area (Å²) < 4.78 is 0. The first-order chi connectivity index (χ1) is 6.72. The quantitative estimate of drug-likeness (QED) is 0.769. The molecule has 0 heterocycles. The van der Waals surface area contributed by atoms with E-state index in [2.05, 4.69) is 17.4 Å². The molecule has 0 aliphatic carbocycles. The van der Waals surface area contributed by atoms with E-state index < -0.39 is 0 Å². The van der Waals surface area contributed by atoms with E-state index in [1.54, 1.807) is 6.92 Å². The molecule has 2 heteroatoms. The highest BCUT2D eigenvalue weighted by molar-refractivity contribution is 5.76. The van der Waals surface area contributed by atoms with Crippen LogP contribution >= 0.6 is 0 Å². The summed E-state index contributed by atoms with van der Waals surface area (Å²) in [5, 5.41) is 3.16. The molecule has 1 rings (SSSR count). The Morgan fingerprint density at radius 3 is 2.50 bits per heavy atom. The highest BCUT2D eigenvalue weighted by Crippen LogP contribution is 2.05. The molecule has 1 aromatic carbocycles. The summed E-state index contributed by atoms with van der Waals surface area (Å²) in [7, 11) is 1.90. The third kappa shape index (κ3) is 3.71. The molecule has 0 fully saturated rings. The van der Waals surface area contributed by atoms with Gasteiger partial charge in [0.15, 0.2) is 0 Å². The van der Waals surface area contributed by atoms with E-state index in [4.69, 9.17) is 0 Å². The molecule has 0 bridgehead atoms. The zero-order valence-corrected chi connectivity index (χ0v) is 8.79. The predicted molar refractivity (Wildman–Crippen MR) is 58.3 cm³/mol. The lowest BCUT2D eigenvalue weighted by Crippen LogP contribution is -2.29. The molecule has 0 saturated carbocycles. The number of nitrogens with one attached hydrogen (secondary N) is 1. The van der Waals surface area contributed by atoms with E-state index >= 15 is 0 Å². The molecule has 0 saturated heterocycles. The molecule has 0 aromatic heterocycles. The second kappa shape index (κ2) is 5.55. The van der Waals surface area contributed by atoms with Crippen LogP contribution in [0.2, 0.25) is 0 Å². The van der Waals surface area contributed by atoms with Gasteiger partial charge in [-0.05, 0) is 26.0 Å². The van der Waals surface area contributed by atoms with Gasteiger partial charge in [-0.2, -0.15) is 0 Å². The van der Waals surface area contributed by atoms with Crippen molar-refractivity contribution in [3.8, 4) is 0 Å². The van der Waals surface area contributed by atoms with Crippen molar-refractivity contribution in [2.45, 2.75) is 25.8 Å². The van der Waals surface area contributed by atoms with Gasteiger partial charge < -0.3 is 5.32 Å². The summed E-state index contributed by atoms with van der Waals surface area (Å²) >= 11 is 0. The highest BCUT2D eigenvalue weighted by Gasteiger charge is 2.08. The van der Waals surface area contributed by atoms with Crippen LogP contribution in [0.25, 0.3) is 0 Å². The fourth-order valence-electron chi connectivity index (χ4n) is 1.52. The minimum atomic E-state index is 0.236. The van der Waals surface area contributed by atoms with Crippen molar-refractivity contribution < 1.29 is 4.79 Å². The number of rotatable bonds is 5. The van der Waals surface area contributed by atoms with Gasteiger partial charge in [0.25, 0.3) is 0 Å². The van der Waals surface area contributed by atoms with Crippen molar-refractivity contribution in [1.82, 2.24) is 5.32 Å². The van der Waals surface area contributed by atoms with E-state index in [1.807, 2.05) is 25.2 Å². The third-order valence-corrected chi connectivity index (χ3v) is 2.27. The topological polar surface area (TPSA) is 29.1 Å². The van der Waals surface area contributed by atoms with Crippen LogP contribution < -0.4 is 5.32 Å². The van der Waals surface area contributed by atoms with E-state index in [1.165, 1.54) is 5.56 Å². The smallest absolute Gasteiger partial charge is 0.131 e. The third-order valence-electron chi connectivity index (χ3n) is 2.27. The maximum Gasteiger partial charge on any atom is 0.131 e. The normalized spacial score (nSPS) is 12.4. The average molecular weight is 191 g/mol. The van der Waals surface area contributed by atoms with Crippen LogP contribution in [0.3, 0.4) is 0 Å². The van der Waals surface area contributed by atoms with E-state index in [0.717, 1.165) is 6.42 Å². The summed E-state index contributed by atoms with van der Waals surface area (Å²) in [6.07, 6.45) is 1.52. The Balaban J connectivity index is 2.53. The molecular formula is C12H17NO. The lowest BCUT2D eigenvalue weighted by atomic mass is 10.0. The molecule has 0 aliphatic rings. The zero-order chi connectivity index (χ0) is 10.4. The van der Waals surface area contributed by atoms with Crippen molar-refractivity contribution in [3.05, 3.63) is 35.9 Å². The van der Waals surface area contributed by atoms with Gasteiger partial charge in [0.05, 0.1) is 0 Å². The Morgan fingerprint density at radius 2 is 2.00 bits per heavy atom. The summed E-state index contributed by atoms with van der Waals surface area (Å²) in [6, 6.07) is 10.5. The van der Waals surface area contributed by atoms with Gasteiger partial charge in [-0.15, -0.1) is 0 Å². The molecule has 1 unspecified atom stereocenters. The van der Waals surface area contributed by atoms with Crippen molar-refractivity contribution in [1.29, 1.82) is 0 Å². The fourth-order valence-corrected chi connectivity index (χ4v) is 1.52. The number of hydrogen-bond acceptors (Lipinski definition) is 2. The van der Waals surface area contributed by atoms with Gasteiger partial charge in [-0.25, -0.2) is 0 Å². The molecule has 2 nitrogen and oxygen atoms in total. The molecule has 0 aliphatic heterocycles. The minimum Gasteiger partial charge on any atom is -0.316 e. The molecule has 14 heavy (non-hydrogen) atoms. The molecular weight excluding hydrogens is 174 g/mol. The highest BCUT2D eigenvalue weighted by atomic mass is 16.1. The van der Waals surface area contributed by atoms with Gasteiger partial charge in [-0.1, -0.05) is 30.3 Å². The van der Waals surface area contributed by atoms with Crippen molar-refractivity contribution >= 4 is 5.78 Å². The molecule has 0 radical (unpaired) electrons. The summed E-state index contributed by atoms with van der Waals surface area (Å²) in [4.78, 5) is 11.0. The maximum atomic E-state index is 11.0. The SMILES string of the molecule is CNC(CC(C)=O)Cc1ccccc1. The van der Waals surface area contributed by atoms with Gasteiger partial charge >= 0.3 is 0 Å². The fraction of sp³-hybridized carbons (Fsp3) is 0.417. The zero-order valence-electron chi connectivity index (χ0n) is 8.79. The van der Waals surface area contributed by atoms with Crippen LogP contribution in [0, 0.1) is 0 Å². The number of hydrogen-bond donors (Lipinski definition) is 1. The summed E-state index contributed by atoms with van der Waals surface area (Å²) in [5.41, 5.74) is 1.27. The van der Waals surface area contributed by atoms with E-state index in [9.17, 15) is 4.79 Å². The lowest BCUT2D eigenvalue weighted by Gasteiger charge is -2.14. The summed E-state index contributed by atoms with van der Waals surface area (Å²) in [6.45, 7) is 1.63. The Labute approximate surface area is 85.3 Å². The number of ketones is 1. The molecule has 0 amide bonds. The van der Waals surface area contributed by atoms with Gasteiger partial charge in [0.1, 0.15) is 5.78 Å². The van der Waals surface area contributed by atoms with Crippen LogP contribution in [-0.2, 0) is 11.2 Å². The van der Waals surface area contributed by atoms with E-state index in [0.29, 0.717) is 6.42 Å². The second-order valence-corrected chi connectivity index (χ2v) is 3.58. The average Bonchev–Trinajstić information content (AvgIpc) is 2.17. The number of carbonyl (C=O) groups is 1. The van der Waals surface area contributed by atoms with Gasteiger partial charge in [0, 0.05) is 12.5 Å². The first kappa shape index (κ1) is 10.9. The largest absolute Gasteiger partial charge is 0.316 e. The Bertz CT molecular complexity index is 282. The number of benzene rings is 1. The van der Waals surface area contributed by atoms with Crippen LogP contribution in [0.1, 0.15) is 18.9 Å². The predicted octanol–water partition coefficient (Wildman–Crippen LogP) is 1.80. The van der Waals surface area contributed by atoms with Crippen LogP contribution in [0.4, 0.5) is 0 Å². The van der Waals surface area contributed by atoms with Crippen LogP contribution in [0.5, 0.6) is 0 Å². The van der Waals surface area contributed by atoms with Crippen molar-refractivity contribution in [3.63, 3.8) is 0 Å². The Kier molecular flexibility index (Phi) is 4.33. The first-order valence-electron chi connectivity index (χ1n) is 4.93. The number of likely N-dealkylation sites (N-methyl/N-ethyl adjacent to an activating group) is 1. The van der Waals surface area contributed by atoms with Crippen LogP contribution in [-0.4, -0.2) is 18.9 Å². The molecule has 0 spiro atoms.